The monoisotopic (exact) mass is 321 g/mol. The lowest BCUT2D eigenvalue weighted by atomic mass is 10.0. The summed E-state index contributed by atoms with van der Waals surface area (Å²) in [5.74, 6) is 0. The molecule has 0 aliphatic heterocycles. The second kappa shape index (κ2) is 6.58. The first-order valence-corrected chi connectivity index (χ1v) is 8.62. The Morgan fingerprint density at radius 3 is 1.43 bits per heavy atom. The number of benzene rings is 3. The highest BCUT2D eigenvalue weighted by atomic mass is 32.2. The smallest absolute Gasteiger partial charge is 0.199 e. The van der Waals surface area contributed by atoms with Gasteiger partial charge in [-0.3, -0.25) is 0 Å². The molecule has 3 nitrogen and oxygen atoms in total. The third-order valence-corrected chi connectivity index (χ3v) is 4.64. The van der Waals surface area contributed by atoms with Crippen LogP contribution in [0.4, 0.5) is 0 Å². The molecule has 3 aromatic rings. The van der Waals surface area contributed by atoms with Crippen molar-refractivity contribution in [2.75, 3.05) is 0 Å². The number of nitrogens with zero attached hydrogens (tertiary/aromatic N) is 1. The van der Waals surface area contributed by atoms with Crippen LogP contribution >= 0.6 is 0 Å². The minimum absolute atomic E-state index is 0.185. The number of sulfonamides is 1. The van der Waals surface area contributed by atoms with Crippen LogP contribution < -0.4 is 0 Å². The molecule has 0 amide bonds. The largest absolute Gasteiger partial charge is 0.282 e. The number of hydrogen-bond donors (Lipinski definition) is 0. The van der Waals surface area contributed by atoms with E-state index in [2.05, 4.69) is 4.40 Å². The molecule has 114 valence electrons. The van der Waals surface area contributed by atoms with Gasteiger partial charge in [0.15, 0.2) is 0 Å². The lowest BCUT2D eigenvalue weighted by Gasteiger charge is -2.08. The Labute approximate surface area is 136 Å². The summed E-state index contributed by atoms with van der Waals surface area (Å²) in [7, 11) is -3.77. The average molecular weight is 321 g/mol. The molecule has 23 heavy (non-hydrogen) atoms. The van der Waals surface area contributed by atoms with Crippen LogP contribution in [0.5, 0.6) is 0 Å². The summed E-state index contributed by atoms with van der Waals surface area (Å²) in [6.45, 7) is 0. The van der Waals surface area contributed by atoms with Gasteiger partial charge in [-0.05, 0) is 12.1 Å². The van der Waals surface area contributed by atoms with Crippen molar-refractivity contribution in [3.8, 4) is 0 Å². The predicted molar refractivity (Wildman–Crippen MR) is 92.2 cm³/mol. The summed E-state index contributed by atoms with van der Waals surface area (Å²) in [6, 6.07) is 26.9. The Morgan fingerprint density at radius 1 is 0.609 bits per heavy atom. The molecule has 0 atom stereocenters. The molecule has 0 saturated heterocycles. The molecule has 0 spiro atoms. The van der Waals surface area contributed by atoms with Crippen molar-refractivity contribution in [1.82, 2.24) is 0 Å². The van der Waals surface area contributed by atoms with E-state index in [0.717, 1.165) is 11.1 Å². The van der Waals surface area contributed by atoms with E-state index in [1.807, 2.05) is 60.7 Å². The standard InChI is InChI=1S/C19H15NO2S/c21-23(22,18-14-8-3-9-15-18)20-19(16-10-4-1-5-11-16)17-12-6-2-7-13-17/h1-15H. The van der Waals surface area contributed by atoms with Gasteiger partial charge < -0.3 is 0 Å². The van der Waals surface area contributed by atoms with Crippen LogP contribution in [0.25, 0.3) is 0 Å². The summed E-state index contributed by atoms with van der Waals surface area (Å²) in [6.07, 6.45) is 0. The Morgan fingerprint density at radius 2 is 1.00 bits per heavy atom. The van der Waals surface area contributed by atoms with Crippen LogP contribution in [0.15, 0.2) is 100 Å². The summed E-state index contributed by atoms with van der Waals surface area (Å²) in [4.78, 5) is 0.185. The Bertz CT molecular complexity index is 862. The molecule has 0 saturated carbocycles. The van der Waals surface area contributed by atoms with E-state index in [-0.39, 0.29) is 4.90 Å². The maximum Gasteiger partial charge on any atom is 0.282 e. The molecule has 3 aromatic carbocycles. The van der Waals surface area contributed by atoms with Crippen LogP contribution in [-0.4, -0.2) is 14.1 Å². The van der Waals surface area contributed by atoms with Gasteiger partial charge >= 0.3 is 0 Å². The first kappa shape index (κ1) is 15.2. The van der Waals surface area contributed by atoms with Gasteiger partial charge in [-0.2, -0.15) is 12.8 Å². The molecule has 3 rings (SSSR count). The topological polar surface area (TPSA) is 46.5 Å². The van der Waals surface area contributed by atoms with E-state index in [1.165, 1.54) is 0 Å². The average Bonchev–Trinajstić information content (AvgIpc) is 2.62. The van der Waals surface area contributed by atoms with E-state index < -0.39 is 10.0 Å². The van der Waals surface area contributed by atoms with Crippen molar-refractivity contribution in [3.63, 3.8) is 0 Å². The third kappa shape index (κ3) is 3.55. The van der Waals surface area contributed by atoms with E-state index in [9.17, 15) is 8.42 Å². The van der Waals surface area contributed by atoms with Crippen molar-refractivity contribution in [1.29, 1.82) is 0 Å². The van der Waals surface area contributed by atoms with Crippen LogP contribution in [-0.2, 0) is 10.0 Å². The Hall–Kier alpha value is -2.72. The van der Waals surface area contributed by atoms with E-state index in [1.54, 1.807) is 30.3 Å². The lowest BCUT2D eigenvalue weighted by Crippen LogP contribution is -2.08. The van der Waals surface area contributed by atoms with Crippen molar-refractivity contribution in [2.45, 2.75) is 4.90 Å². The molecule has 0 unspecified atom stereocenters. The van der Waals surface area contributed by atoms with Gasteiger partial charge in [0.25, 0.3) is 10.0 Å². The summed E-state index contributed by atoms with van der Waals surface area (Å²) in [5.41, 5.74) is 1.96. The van der Waals surface area contributed by atoms with E-state index >= 15 is 0 Å². The fourth-order valence-corrected chi connectivity index (χ4v) is 3.29. The quantitative estimate of drug-likeness (QED) is 0.684. The minimum Gasteiger partial charge on any atom is -0.199 e. The van der Waals surface area contributed by atoms with Crippen LogP contribution in [0.3, 0.4) is 0 Å². The zero-order valence-electron chi connectivity index (χ0n) is 12.3. The first-order chi connectivity index (χ1) is 11.2. The molecule has 0 fully saturated rings. The highest BCUT2D eigenvalue weighted by Crippen LogP contribution is 2.17. The van der Waals surface area contributed by atoms with E-state index in [0.29, 0.717) is 5.71 Å². The van der Waals surface area contributed by atoms with Gasteiger partial charge in [0.2, 0.25) is 0 Å². The fourth-order valence-electron chi connectivity index (χ4n) is 2.23. The van der Waals surface area contributed by atoms with Crippen molar-refractivity contribution in [3.05, 3.63) is 102 Å². The van der Waals surface area contributed by atoms with Gasteiger partial charge in [-0.15, -0.1) is 0 Å². The first-order valence-electron chi connectivity index (χ1n) is 7.18. The second-order valence-corrected chi connectivity index (χ2v) is 6.56. The molecular formula is C19H15NO2S. The van der Waals surface area contributed by atoms with Crippen molar-refractivity contribution in [2.24, 2.45) is 4.40 Å². The molecular weight excluding hydrogens is 306 g/mol. The van der Waals surface area contributed by atoms with Crippen molar-refractivity contribution < 1.29 is 8.42 Å². The Balaban J connectivity index is 2.17. The highest BCUT2D eigenvalue weighted by molar-refractivity contribution is 7.90. The van der Waals surface area contributed by atoms with Crippen molar-refractivity contribution >= 4 is 15.7 Å². The summed E-state index contributed by atoms with van der Waals surface area (Å²) in [5, 5.41) is 0. The minimum atomic E-state index is -3.77. The molecule has 4 heteroatoms. The zero-order chi connectivity index (χ0) is 16.1. The summed E-state index contributed by atoms with van der Waals surface area (Å²) >= 11 is 0. The van der Waals surface area contributed by atoms with Crippen LogP contribution in [0, 0.1) is 0 Å². The summed E-state index contributed by atoms with van der Waals surface area (Å²) < 4.78 is 29.3. The maximum absolute atomic E-state index is 12.6. The van der Waals surface area contributed by atoms with Gasteiger partial charge in [-0.25, -0.2) is 0 Å². The lowest BCUT2D eigenvalue weighted by molar-refractivity contribution is 0.598. The number of rotatable bonds is 4. The maximum atomic E-state index is 12.6. The van der Waals surface area contributed by atoms with Crippen LogP contribution in [0.2, 0.25) is 0 Å². The SMILES string of the molecule is O=S(=O)(N=C(c1ccccc1)c1ccccc1)c1ccccc1. The van der Waals surface area contributed by atoms with Gasteiger partial charge in [0, 0.05) is 11.1 Å². The zero-order valence-corrected chi connectivity index (χ0v) is 13.1. The predicted octanol–water partition coefficient (Wildman–Crippen LogP) is 3.91. The molecule has 0 aliphatic rings. The van der Waals surface area contributed by atoms with Crippen LogP contribution in [0.1, 0.15) is 11.1 Å². The van der Waals surface area contributed by atoms with Gasteiger partial charge in [0.1, 0.15) is 0 Å². The second-order valence-electron chi connectivity index (χ2n) is 4.96. The Kier molecular flexibility index (Phi) is 4.35. The van der Waals surface area contributed by atoms with Gasteiger partial charge in [-0.1, -0.05) is 78.9 Å². The molecule has 0 radical (unpaired) electrons. The normalized spacial score (nSPS) is 11.0. The number of hydrogen-bond acceptors (Lipinski definition) is 2. The molecule has 0 aliphatic carbocycles. The van der Waals surface area contributed by atoms with Gasteiger partial charge in [0.05, 0.1) is 10.6 Å². The molecule has 0 aromatic heterocycles. The molecule has 0 N–H and O–H groups in total. The molecule has 0 bridgehead atoms. The molecule has 0 heterocycles. The highest BCUT2D eigenvalue weighted by Gasteiger charge is 2.16. The van der Waals surface area contributed by atoms with E-state index in [4.69, 9.17) is 0 Å². The third-order valence-electron chi connectivity index (χ3n) is 3.35. The fraction of sp³-hybridized carbons (Fsp3) is 0.